The van der Waals surface area contributed by atoms with Crippen LogP contribution < -0.4 is 14.8 Å². The summed E-state index contributed by atoms with van der Waals surface area (Å²) < 4.78 is 11.2. The largest absolute Gasteiger partial charge is 0.493 e. The van der Waals surface area contributed by atoms with E-state index in [9.17, 15) is 14.7 Å². The van der Waals surface area contributed by atoms with Gasteiger partial charge in [-0.05, 0) is 53.6 Å². The highest BCUT2D eigenvalue weighted by atomic mass is 16.5. The van der Waals surface area contributed by atoms with E-state index in [1.54, 1.807) is 48.8 Å². The summed E-state index contributed by atoms with van der Waals surface area (Å²) in [5, 5.41) is 11.8. The molecule has 0 bridgehead atoms. The lowest BCUT2D eigenvalue weighted by Gasteiger charge is -2.11. The van der Waals surface area contributed by atoms with Gasteiger partial charge in [-0.1, -0.05) is 18.2 Å². The molecule has 3 rings (SSSR count). The smallest absolute Gasteiger partial charge is 0.337 e. The van der Waals surface area contributed by atoms with E-state index < -0.39 is 11.9 Å². The molecule has 30 heavy (non-hydrogen) atoms. The number of nitrogens with one attached hydrogen (secondary N) is 1. The van der Waals surface area contributed by atoms with Crippen LogP contribution in [-0.4, -0.2) is 29.1 Å². The first-order valence-corrected chi connectivity index (χ1v) is 9.08. The zero-order valence-electron chi connectivity index (χ0n) is 16.2. The minimum Gasteiger partial charge on any atom is -0.493 e. The van der Waals surface area contributed by atoms with Crippen LogP contribution in [-0.2, 0) is 11.4 Å². The van der Waals surface area contributed by atoms with Crippen LogP contribution in [0.5, 0.6) is 11.5 Å². The van der Waals surface area contributed by atoms with Crippen molar-refractivity contribution in [2.75, 3.05) is 12.4 Å². The Morgan fingerprint density at radius 1 is 1.07 bits per heavy atom. The molecule has 0 unspecified atom stereocenters. The SMILES string of the molecule is COc1cc(C=CC(=O)Nc2ccccc2C(=O)O)ccc1OCc1ccncc1. The van der Waals surface area contributed by atoms with E-state index in [1.807, 2.05) is 12.1 Å². The van der Waals surface area contributed by atoms with Gasteiger partial charge in [0.05, 0.1) is 18.4 Å². The van der Waals surface area contributed by atoms with Gasteiger partial charge in [-0.2, -0.15) is 0 Å². The first-order chi connectivity index (χ1) is 14.6. The summed E-state index contributed by atoms with van der Waals surface area (Å²) in [5.41, 5.74) is 1.97. The molecule has 0 aliphatic heterocycles. The normalized spacial score (nSPS) is 10.6. The number of carboxylic acid groups (broad SMARTS) is 1. The van der Waals surface area contributed by atoms with Crippen molar-refractivity contribution in [3.8, 4) is 11.5 Å². The number of ether oxygens (including phenoxy) is 2. The van der Waals surface area contributed by atoms with E-state index in [1.165, 1.54) is 25.3 Å². The van der Waals surface area contributed by atoms with Crippen molar-refractivity contribution in [1.29, 1.82) is 0 Å². The minimum atomic E-state index is -1.11. The second-order valence-electron chi connectivity index (χ2n) is 6.23. The average Bonchev–Trinajstić information content (AvgIpc) is 2.77. The Morgan fingerprint density at radius 3 is 2.57 bits per heavy atom. The molecule has 1 aromatic heterocycles. The molecule has 0 spiro atoms. The maximum atomic E-state index is 12.2. The second kappa shape index (κ2) is 9.88. The molecule has 3 aromatic rings. The van der Waals surface area contributed by atoms with Gasteiger partial charge in [0.1, 0.15) is 6.61 Å². The Morgan fingerprint density at radius 2 is 1.83 bits per heavy atom. The van der Waals surface area contributed by atoms with Gasteiger partial charge in [-0.25, -0.2) is 4.79 Å². The predicted octanol–water partition coefficient (Wildman–Crippen LogP) is 4.02. The molecule has 0 atom stereocenters. The Bertz CT molecular complexity index is 1060. The summed E-state index contributed by atoms with van der Waals surface area (Å²) in [7, 11) is 1.54. The minimum absolute atomic E-state index is 0.0246. The summed E-state index contributed by atoms with van der Waals surface area (Å²) in [6.45, 7) is 0.374. The van der Waals surface area contributed by atoms with Crippen molar-refractivity contribution in [2.24, 2.45) is 0 Å². The standard InChI is InChI=1S/C23H20N2O5/c1-29-21-14-16(6-8-20(21)30-15-17-10-12-24-13-11-17)7-9-22(26)25-19-5-3-2-4-18(19)23(27)28/h2-14H,15H2,1H3,(H,25,26)(H,27,28). The summed E-state index contributed by atoms with van der Waals surface area (Å²) in [6.07, 6.45) is 6.33. The Balaban J connectivity index is 1.67. The highest BCUT2D eigenvalue weighted by molar-refractivity contribution is 6.06. The third-order valence-corrected chi connectivity index (χ3v) is 4.17. The van der Waals surface area contributed by atoms with Gasteiger partial charge in [-0.3, -0.25) is 9.78 Å². The van der Waals surface area contributed by atoms with Crippen molar-refractivity contribution in [3.63, 3.8) is 0 Å². The number of pyridine rings is 1. The number of carbonyl (C=O) groups is 2. The van der Waals surface area contributed by atoms with Crippen molar-refractivity contribution in [1.82, 2.24) is 4.98 Å². The molecule has 1 amide bonds. The number of benzene rings is 2. The van der Waals surface area contributed by atoms with E-state index in [-0.39, 0.29) is 11.3 Å². The van der Waals surface area contributed by atoms with E-state index in [2.05, 4.69) is 10.3 Å². The fraction of sp³-hybridized carbons (Fsp3) is 0.0870. The number of aromatic carboxylic acids is 1. The number of nitrogens with zero attached hydrogens (tertiary/aromatic N) is 1. The number of aromatic nitrogens is 1. The van der Waals surface area contributed by atoms with Gasteiger partial charge in [0, 0.05) is 18.5 Å². The van der Waals surface area contributed by atoms with Crippen molar-refractivity contribution >= 4 is 23.6 Å². The van der Waals surface area contributed by atoms with Crippen LogP contribution in [0.1, 0.15) is 21.5 Å². The number of hydrogen-bond donors (Lipinski definition) is 2. The van der Waals surface area contributed by atoms with Crippen LogP contribution in [0.15, 0.2) is 73.1 Å². The first-order valence-electron chi connectivity index (χ1n) is 9.08. The van der Waals surface area contributed by atoms with Crippen LogP contribution in [0.4, 0.5) is 5.69 Å². The zero-order valence-corrected chi connectivity index (χ0v) is 16.2. The summed E-state index contributed by atoms with van der Waals surface area (Å²) in [4.78, 5) is 27.4. The molecular weight excluding hydrogens is 384 g/mol. The van der Waals surface area contributed by atoms with E-state index in [0.717, 1.165) is 11.1 Å². The number of hydrogen-bond acceptors (Lipinski definition) is 5. The Labute approximate surface area is 173 Å². The van der Waals surface area contributed by atoms with Gasteiger partial charge in [0.25, 0.3) is 0 Å². The summed E-state index contributed by atoms with van der Waals surface area (Å²) in [5.74, 6) is -0.447. The molecule has 152 valence electrons. The molecule has 2 N–H and O–H groups in total. The van der Waals surface area contributed by atoms with Crippen LogP contribution >= 0.6 is 0 Å². The van der Waals surface area contributed by atoms with Crippen LogP contribution in [0, 0.1) is 0 Å². The monoisotopic (exact) mass is 404 g/mol. The summed E-state index contributed by atoms with van der Waals surface area (Å²) >= 11 is 0. The molecular formula is C23H20N2O5. The third kappa shape index (κ3) is 5.45. The molecule has 7 heteroatoms. The zero-order chi connectivity index (χ0) is 21.3. The highest BCUT2D eigenvalue weighted by Crippen LogP contribution is 2.29. The lowest BCUT2D eigenvalue weighted by atomic mass is 10.1. The molecule has 0 fully saturated rings. The van der Waals surface area contributed by atoms with Crippen LogP contribution in [0.2, 0.25) is 0 Å². The molecule has 0 aliphatic carbocycles. The van der Waals surface area contributed by atoms with Gasteiger partial charge in [-0.15, -0.1) is 0 Å². The summed E-state index contributed by atoms with van der Waals surface area (Å²) in [6, 6.07) is 15.2. The number of carboxylic acids is 1. The van der Waals surface area contributed by atoms with Crippen molar-refractivity contribution in [3.05, 3.63) is 89.8 Å². The molecule has 0 saturated carbocycles. The van der Waals surface area contributed by atoms with Gasteiger partial charge in [0.15, 0.2) is 11.5 Å². The quantitative estimate of drug-likeness (QED) is 0.551. The Hall–Kier alpha value is -4.13. The van der Waals surface area contributed by atoms with Crippen LogP contribution in [0.25, 0.3) is 6.08 Å². The number of rotatable bonds is 8. The van der Waals surface area contributed by atoms with E-state index in [0.29, 0.717) is 18.1 Å². The predicted molar refractivity (Wildman–Crippen MR) is 113 cm³/mol. The van der Waals surface area contributed by atoms with Crippen molar-refractivity contribution in [2.45, 2.75) is 6.61 Å². The fourth-order valence-electron chi connectivity index (χ4n) is 2.67. The number of amides is 1. The van der Waals surface area contributed by atoms with Crippen LogP contribution in [0.3, 0.4) is 0 Å². The van der Waals surface area contributed by atoms with E-state index in [4.69, 9.17) is 9.47 Å². The van der Waals surface area contributed by atoms with E-state index >= 15 is 0 Å². The molecule has 1 heterocycles. The second-order valence-corrected chi connectivity index (χ2v) is 6.23. The fourth-order valence-corrected chi connectivity index (χ4v) is 2.67. The van der Waals surface area contributed by atoms with Gasteiger partial charge in [0.2, 0.25) is 5.91 Å². The number of para-hydroxylation sites is 1. The Kier molecular flexibility index (Phi) is 6.78. The number of methoxy groups -OCH3 is 1. The third-order valence-electron chi connectivity index (χ3n) is 4.17. The van der Waals surface area contributed by atoms with Gasteiger partial charge < -0.3 is 19.9 Å². The maximum absolute atomic E-state index is 12.2. The average molecular weight is 404 g/mol. The van der Waals surface area contributed by atoms with Gasteiger partial charge >= 0.3 is 5.97 Å². The topological polar surface area (TPSA) is 97.8 Å². The molecule has 7 nitrogen and oxygen atoms in total. The molecule has 0 aliphatic rings. The lowest BCUT2D eigenvalue weighted by molar-refractivity contribution is -0.111. The number of carbonyl (C=O) groups excluding carboxylic acids is 1. The molecule has 0 saturated heterocycles. The lowest BCUT2D eigenvalue weighted by Crippen LogP contribution is -2.11. The molecule has 0 radical (unpaired) electrons. The molecule has 2 aromatic carbocycles. The maximum Gasteiger partial charge on any atom is 0.337 e. The van der Waals surface area contributed by atoms with Crippen molar-refractivity contribution < 1.29 is 24.2 Å². The highest BCUT2D eigenvalue weighted by Gasteiger charge is 2.10. The first kappa shape index (κ1) is 20.6. The number of anilines is 1.